The molecule has 1 fully saturated rings. The molecule has 1 aliphatic rings. The van der Waals surface area contributed by atoms with Gasteiger partial charge in [-0.3, -0.25) is 4.79 Å². The van der Waals surface area contributed by atoms with Gasteiger partial charge in [-0.05, 0) is 36.3 Å². The molecule has 0 radical (unpaired) electrons. The molecule has 1 unspecified atom stereocenters. The minimum Gasteiger partial charge on any atom is -0.508 e. The van der Waals surface area contributed by atoms with E-state index in [0.29, 0.717) is 6.42 Å². The number of aromatic hydroxyl groups is 1. The molecule has 4 nitrogen and oxygen atoms in total. The first kappa shape index (κ1) is 14.2. The van der Waals surface area contributed by atoms with Crippen LogP contribution in [-0.4, -0.2) is 46.6 Å². The summed E-state index contributed by atoms with van der Waals surface area (Å²) in [6.45, 7) is 1.61. The van der Waals surface area contributed by atoms with Gasteiger partial charge in [-0.25, -0.2) is 0 Å². The largest absolute Gasteiger partial charge is 0.508 e. The van der Waals surface area contributed by atoms with Gasteiger partial charge in [0.1, 0.15) is 5.75 Å². The summed E-state index contributed by atoms with van der Waals surface area (Å²) in [5, 5.41) is 9.23. The summed E-state index contributed by atoms with van der Waals surface area (Å²) in [7, 11) is 0. The van der Waals surface area contributed by atoms with E-state index in [1.807, 2.05) is 16.7 Å². The lowest BCUT2D eigenvalue weighted by atomic mass is 10.1. The van der Waals surface area contributed by atoms with Crippen LogP contribution in [0.2, 0.25) is 0 Å². The van der Waals surface area contributed by atoms with Crippen LogP contribution in [0.3, 0.4) is 0 Å². The second kappa shape index (κ2) is 6.82. The van der Waals surface area contributed by atoms with E-state index in [9.17, 15) is 9.90 Å². The standard InChI is InChI=1S/C14H20N2O2S/c15-13(10-11-2-4-12(17)5-3-11)14(18)16-6-1-8-19-9-7-16/h2-5,13,17H,1,6-10,15H2. The highest BCUT2D eigenvalue weighted by Gasteiger charge is 2.22. The fraction of sp³-hybridized carbons (Fsp3) is 0.500. The van der Waals surface area contributed by atoms with E-state index in [-0.39, 0.29) is 11.7 Å². The van der Waals surface area contributed by atoms with E-state index in [2.05, 4.69) is 0 Å². The molecular weight excluding hydrogens is 260 g/mol. The molecule has 19 heavy (non-hydrogen) atoms. The first-order valence-electron chi connectivity index (χ1n) is 6.57. The normalized spacial score (nSPS) is 17.8. The van der Waals surface area contributed by atoms with Crippen LogP contribution >= 0.6 is 11.8 Å². The molecule has 0 aliphatic carbocycles. The summed E-state index contributed by atoms with van der Waals surface area (Å²) in [6.07, 6.45) is 1.56. The van der Waals surface area contributed by atoms with Crippen LogP contribution < -0.4 is 5.73 Å². The predicted octanol–water partition coefficient (Wildman–Crippen LogP) is 1.23. The molecule has 1 aliphatic heterocycles. The second-order valence-corrected chi connectivity index (χ2v) is 5.99. The molecule has 0 saturated carbocycles. The van der Waals surface area contributed by atoms with Crippen molar-refractivity contribution in [3.05, 3.63) is 29.8 Å². The first-order valence-corrected chi connectivity index (χ1v) is 7.72. The number of benzene rings is 1. The lowest BCUT2D eigenvalue weighted by molar-refractivity contribution is -0.132. The van der Waals surface area contributed by atoms with Crippen molar-refractivity contribution in [2.75, 3.05) is 24.6 Å². The molecule has 0 spiro atoms. The van der Waals surface area contributed by atoms with Crippen LogP contribution in [0.15, 0.2) is 24.3 Å². The quantitative estimate of drug-likeness (QED) is 0.874. The lowest BCUT2D eigenvalue weighted by Crippen LogP contribution is -2.45. The number of thioether (sulfide) groups is 1. The Morgan fingerprint density at radius 1 is 1.32 bits per heavy atom. The number of hydrogen-bond acceptors (Lipinski definition) is 4. The number of hydrogen-bond donors (Lipinski definition) is 2. The molecule has 0 aromatic heterocycles. The number of carbonyl (C=O) groups excluding carboxylic acids is 1. The van der Waals surface area contributed by atoms with E-state index in [4.69, 9.17) is 5.73 Å². The number of nitrogens with two attached hydrogens (primary N) is 1. The monoisotopic (exact) mass is 280 g/mol. The molecule has 104 valence electrons. The van der Waals surface area contributed by atoms with Gasteiger partial charge >= 0.3 is 0 Å². The van der Waals surface area contributed by atoms with Crippen LogP contribution in [0.25, 0.3) is 0 Å². The number of nitrogens with zero attached hydrogens (tertiary/aromatic N) is 1. The Morgan fingerprint density at radius 2 is 2.05 bits per heavy atom. The van der Waals surface area contributed by atoms with Gasteiger partial charge in [0.2, 0.25) is 5.91 Å². The fourth-order valence-electron chi connectivity index (χ4n) is 2.17. The van der Waals surface area contributed by atoms with Gasteiger partial charge in [0.15, 0.2) is 0 Å². The molecule has 1 aromatic carbocycles. The van der Waals surface area contributed by atoms with Crippen molar-refractivity contribution in [2.45, 2.75) is 18.9 Å². The minimum absolute atomic E-state index is 0.0376. The third-order valence-corrected chi connectivity index (χ3v) is 4.29. The average molecular weight is 280 g/mol. The molecule has 1 aromatic rings. The van der Waals surface area contributed by atoms with E-state index in [1.165, 1.54) is 0 Å². The van der Waals surface area contributed by atoms with Gasteiger partial charge in [0.05, 0.1) is 6.04 Å². The Balaban J connectivity index is 1.92. The molecule has 1 atom stereocenters. The Kier molecular flexibility index (Phi) is 5.10. The lowest BCUT2D eigenvalue weighted by Gasteiger charge is -2.23. The van der Waals surface area contributed by atoms with Crippen molar-refractivity contribution < 1.29 is 9.90 Å². The third-order valence-electron chi connectivity index (χ3n) is 3.24. The number of phenolic OH excluding ortho intramolecular Hbond substituents is 1. The Labute approximate surface area is 118 Å². The highest BCUT2D eigenvalue weighted by Crippen LogP contribution is 2.14. The summed E-state index contributed by atoms with van der Waals surface area (Å²) in [6, 6.07) is 6.36. The van der Waals surface area contributed by atoms with Crippen LogP contribution in [0.4, 0.5) is 0 Å². The van der Waals surface area contributed by atoms with Gasteiger partial charge in [-0.2, -0.15) is 11.8 Å². The molecule has 1 heterocycles. The maximum absolute atomic E-state index is 12.3. The molecular formula is C14H20N2O2S. The summed E-state index contributed by atoms with van der Waals surface area (Å²) >= 11 is 1.89. The van der Waals surface area contributed by atoms with Crippen molar-refractivity contribution in [3.63, 3.8) is 0 Å². The highest BCUT2D eigenvalue weighted by atomic mass is 32.2. The van der Waals surface area contributed by atoms with Gasteiger partial charge < -0.3 is 15.7 Å². The highest BCUT2D eigenvalue weighted by molar-refractivity contribution is 7.99. The second-order valence-electron chi connectivity index (χ2n) is 4.77. The zero-order chi connectivity index (χ0) is 13.7. The number of carbonyl (C=O) groups is 1. The number of phenols is 1. The topological polar surface area (TPSA) is 66.6 Å². The van der Waals surface area contributed by atoms with Gasteiger partial charge in [0, 0.05) is 18.8 Å². The SMILES string of the molecule is NC(Cc1ccc(O)cc1)C(=O)N1CCCSCC1. The van der Waals surface area contributed by atoms with Crippen LogP contribution in [0.5, 0.6) is 5.75 Å². The third kappa shape index (κ3) is 4.14. The zero-order valence-electron chi connectivity index (χ0n) is 10.9. The predicted molar refractivity (Wildman–Crippen MR) is 78.3 cm³/mol. The van der Waals surface area contributed by atoms with E-state index in [1.54, 1.807) is 24.3 Å². The van der Waals surface area contributed by atoms with Crippen molar-refractivity contribution in [2.24, 2.45) is 5.73 Å². The van der Waals surface area contributed by atoms with Gasteiger partial charge in [-0.1, -0.05) is 12.1 Å². The molecule has 1 amide bonds. The van der Waals surface area contributed by atoms with E-state index >= 15 is 0 Å². The maximum atomic E-state index is 12.3. The summed E-state index contributed by atoms with van der Waals surface area (Å²) in [5.74, 6) is 2.39. The Morgan fingerprint density at radius 3 is 2.79 bits per heavy atom. The van der Waals surface area contributed by atoms with Crippen molar-refractivity contribution in [1.29, 1.82) is 0 Å². The maximum Gasteiger partial charge on any atom is 0.239 e. The van der Waals surface area contributed by atoms with Crippen molar-refractivity contribution in [3.8, 4) is 5.75 Å². The number of amides is 1. The van der Waals surface area contributed by atoms with E-state index in [0.717, 1.165) is 36.6 Å². The summed E-state index contributed by atoms with van der Waals surface area (Å²) < 4.78 is 0. The molecule has 1 saturated heterocycles. The Bertz CT molecular complexity index is 414. The summed E-state index contributed by atoms with van der Waals surface area (Å²) in [5.41, 5.74) is 6.98. The van der Waals surface area contributed by atoms with Gasteiger partial charge in [-0.15, -0.1) is 0 Å². The van der Waals surface area contributed by atoms with Crippen molar-refractivity contribution in [1.82, 2.24) is 4.90 Å². The van der Waals surface area contributed by atoms with Crippen LogP contribution in [0, 0.1) is 0 Å². The van der Waals surface area contributed by atoms with Crippen LogP contribution in [0.1, 0.15) is 12.0 Å². The zero-order valence-corrected chi connectivity index (χ0v) is 11.7. The molecule has 0 bridgehead atoms. The Hall–Kier alpha value is -1.20. The molecule has 5 heteroatoms. The summed E-state index contributed by atoms with van der Waals surface area (Å²) in [4.78, 5) is 14.1. The smallest absolute Gasteiger partial charge is 0.239 e. The van der Waals surface area contributed by atoms with E-state index < -0.39 is 6.04 Å². The number of rotatable bonds is 3. The fourth-order valence-corrected chi connectivity index (χ4v) is 3.06. The minimum atomic E-state index is -0.493. The van der Waals surface area contributed by atoms with Crippen LogP contribution in [-0.2, 0) is 11.2 Å². The van der Waals surface area contributed by atoms with Crippen molar-refractivity contribution >= 4 is 17.7 Å². The van der Waals surface area contributed by atoms with Gasteiger partial charge in [0.25, 0.3) is 0 Å². The molecule has 2 rings (SSSR count). The molecule has 3 N–H and O–H groups in total. The first-order chi connectivity index (χ1) is 9.16. The average Bonchev–Trinajstić information content (AvgIpc) is 2.69.